The Labute approximate surface area is 183 Å². The van der Waals surface area contributed by atoms with Crippen molar-refractivity contribution >= 4 is 33.1 Å². The van der Waals surface area contributed by atoms with Gasteiger partial charge in [0.15, 0.2) is 0 Å². The number of hydrogen-bond acceptors (Lipinski definition) is 4. The summed E-state index contributed by atoms with van der Waals surface area (Å²) in [6.45, 7) is 5.72. The number of fused-ring (bicyclic) bond motifs is 1. The lowest BCUT2D eigenvalue weighted by molar-refractivity contribution is -0.119. The van der Waals surface area contributed by atoms with E-state index < -0.39 is 6.04 Å². The Balaban J connectivity index is 1.79. The lowest BCUT2D eigenvalue weighted by atomic mass is 10.0. The highest BCUT2D eigenvalue weighted by molar-refractivity contribution is 7.19. The number of thiophene rings is 1. The third-order valence-corrected chi connectivity index (χ3v) is 6.27. The van der Waals surface area contributed by atoms with Gasteiger partial charge in [0.05, 0.1) is 11.7 Å². The van der Waals surface area contributed by atoms with Crippen LogP contribution in [0.15, 0.2) is 59.7 Å². The Morgan fingerprint density at radius 3 is 2.61 bits per heavy atom. The molecule has 5 nitrogen and oxygen atoms in total. The minimum absolute atomic E-state index is 0.272. The molecule has 4 aromatic rings. The summed E-state index contributed by atoms with van der Waals surface area (Å²) in [6, 6.07) is 12.9. The molecule has 0 saturated heterocycles. The van der Waals surface area contributed by atoms with Crippen LogP contribution in [0.1, 0.15) is 29.8 Å². The summed E-state index contributed by atoms with van der Waals surface area (Å²) < 4.78 is 14.8. The zero-order valence-electron chi connectivity index (χ0n) is 17.5. The molecular formula is C24H22FN3O2S. The average molecular weight is 436 g/mol. The third-order valence-electron chi connectivity index (χ3n) is 5.26. The molecule has 2 aromatic heterocycles. The Bertz CT molecular complexity index is 1330. The van der Waals surface area contributed by atoms with Gasteiger partial charge in [-0.2, -0.15) is 0 Å². The zero-order valence-corrected chi connectivity index (χ0v) is 18.3. The zero-order chi connectivity index (χ0) is 22.1. The van der Waals surface area contributed by atoms with E-state index in [0.717, 1.165) is 21.6 Å². The minimum atomic E-state index is -0.703. The quantitative estimate of drug-likeness (QED) is 0.452. The largest absolute Gasteiger partial charge is 0.324 e. The van der Waals surface area contributed by atoms with Gasteiger partial charge in [-0.05, 0) is 55.7 Å². The molecule has 0 spiro atoms. The Morgan fingerprint density at radius 1 is 1.19 bits per heavy atom. The SMILES string of the molecule is CCC(C(=O)Nc1cccc(C)c1)n1cnc2sc(C)c(-c3ccc(F)cc3)c2c1=O. The van der Waals surface area contributed by atoms with Gasteiger partial charge in [0.2, 0.25) is 5.91 Å². The van der Waals surface area contributed by atoms with Crippen LogP contribution in [0.5, 0.6) is 0 Å². The first-order valence-corrected chi connectivity index (χ1v) is 10.8. The van der Waals surface area contributed by atoms with Crippen molar-refractivity contribution in [1.29, 1.82) is 0 Å². The van der Waals surface area contributed by atoms with Crippen LogP contribution in [0.4, 0.5) is 10.1 Å². The standard InChI is InChI=1S/C24H22FN3O2S/c1-4-19(22(29)27-18-7-5-6-14(2)12-18)28-13-26-23-21(24(28)30)20(15(3)31-23)16-8-10-17(25)11-9-16/h5-13,19H,4H2,1-3H3,(H,27,29). The molecule has 7 heteroatoms. The van der Waals surface area contributed by atoms with Crippen LogP contribution < -0.4 is 10.9 Å². The molecule has 0 aliphatic rings. The van der Waals surface area contributed by atoms with Crippen molar-refractivity contribution in [1.82, 2.24) is 9.55 Å². The molecule has 2 heterocycles. The highest BCUT2D eigenvalue weighted by Crippen LogP contribution is 2.35. The van der Waals surface area contributed by atoms with Gasteiger partial charge in [-0.3, -0.25) is 14.2 Å². The van der Waals surface area contributed by atoms with E-state index in [4.69, 9.17) is 0 Å². The van der Waals surface area contributed by atoms with Gasteiger partial charge in [-0.1, -0.05) is 31.2 Å². The number of hydrogen-bond donors (Lipinski definition) is 1. The van der Waals surface area contributed by atoms with Crippen LogP contribution in [0, 0.1) is 19.7 Å². The molecule has 158 valence electrons. The fourth-order valence-corrected chi connectivity index (χ4v) is 4.76. The number of nitrogens with zero attached hydrogens (tertiary/aromatic N) is 2. The lowest BCUT2D eigenvalue weighted by Crippen LogP contribution is -2.33. The smallest absolute Gasteiger partial charge is 0.263 e. The molecule has 4 rings (SSSR count). The minimum Gasteiger partial charge on any atom is -0.324 e. The van der Waals surface area contributed by atoms with Crippen molar-refractivity contribution in [3.8, 4) is 11.1 Å². The van der Waals surface area contributed by atoms with Crippen LogP contribution in [0.2, 0.25) is 0 Å². The molecule has 0 saturated carbocycles. The predicted molar refractivity (Wildman–Crippen MR) is 123 cm³/mol. The number of halogens is 1. The maximum Gasteiger partial charge on any atom is 0.263 e. The summed E-state index contributed by atoms with van der Waals surface area (Å²) in [5.74, 6) is -0.609. The maximum absolute atomic E-state index is 13.5. The summed E-state index contributed by atoms with van der Waals surface area (Å²) in [4.78, 5) is 32.5. The van der Waals surface area contributed by atoms with Crippen molar-refractivity contribution < 1.29 is 9.18 Å². The van der Waals surface area contributed by atoms with Gasteiger partial charge < -0.3 is 5.32 Å². The molecule has 0 bridgehead atoms. The first-order valence-electron chi connectivity index (χ1n) is 10.0. The molecule has 0 fully saturated rings. The van der Waals surface area contributed by atoms with Crippen LogP contribution in [0.3, 0.4) is 0 Å². The second-order valence-corrected chi connectivity index (χ2v) is 8.66. The molecule has 31 heavy (non-hydrogen) atoms. The van der Waals surface area contributed by atoms with E-state index in [0.29, 0.717) is 22.3 Å². The van der Waals surface area contributed by atoms with E-state index in [1.54, 1.807) is 12.1 Å². The maximum atomic E-state index is 13.5. The first kappa shape index (κ1) is 20.9. The topological polar surface area (TPSA) is 64.0 Å². The lowest BCUT2D eigenvalue weighted by Gasteiger charge is -2.18. The van der Waals surface area contributed by atoms with E-state index in [9.17, 15) is 14.0 Å². The highest BCUT2D eigenvalue weighted by Gasteiger charge is 2.24. The summed E-state index contributed by atoms with van der Waals surface area (Å²) in [5.41, 5.74) is 2.92. The molecule has 1 amide bonds. The summed E-state index contributed by atoms with van der Waals surface area (Å²) in [6.07, 6.45) is 1.87. The number of nitrogens with one attached hydrogen (secondary N) is 1. The fraction of sp³-hybridized carbons (Fsp3) is 0.208. The average Bonchev–Trinajstić information content (AvgIpc) is 3.07. The molecule has 1 atom stereocenters. The summed E-state index contributed by atoms with van der Waals surface area (Å²) in [5, 5.41) is 3.36. The number of anilines is 1. The molecule has 1 unspecified atom stereocenters. The van der Waals surface area contributed by atoms with E-state index in [2.05, 4.69) is 10.3 Å². The molecule has 0 aliphatic heterocycles. The second kappa shape index (κ2) is 8.43. The van der Waals surface area contributed by atoms with Gasteiger partial charge in [0, 0.05) is 16.1 Å². The third kappa shape index (κ3) is 4.01. The normalized spacial score (nSPS) is 12.1. The van der Waals surface area contributed by atoms with Crippen molar-refractivity contribution in [3.63, 3.8) is 0 Å². The van der Waals surface area contributed by atoms with Gasteiger partial charge >= 0.3 is 0 Å². The van der Waals surface area contributed by atoms with Crippen molar-refractivity contribution in [2.45, 2.75) is 33.2 Å². The van der Waals surface area contributed by atoms with Crippen molar-refractivity contribution in [2.24, 2.45) is 0 Å². The molecule has 1 N–H and O–H groups in total. The Morgan fingerprint density at radius 2 is 1.94 bits per heavy atom. The van der Waals surface area contributed by atoms with E-state index in [1.807, 2.05) is 45.0 Å². The van der Waals surface area contributed by atoms with E-state index in [1.165, 1.54) is 34.4 Å². The number of benzene rings is 2. The number of aryl methyl sites for hydroxylation is 2. The first-order chi connectivity index (χ1) is 14.9. The Hall–Kier alpha value is -3.32. The molecule has 2 aromatic carbocycles. The number of carbonyl (C=O) groups is 1. The number of carbonyl (C=O) groups excluding carboxylic acids is 1. The van der Waals surface area contributed by atoms with Gasteiger partial charge in [-0.25, -0.2) is 9.37 Å². The van der Waals surface area contributed by atoms with Gasteiger partial charge in [0.1, 0.15) is 16.7 Å². The van der Waals surface area contributed by atoms with Gasteiger partial charge in [0.25, 0.3) is 5.56 Å². The van der Waals surface area contributed by atoms with Crippen LogP contribution in [-0.2, 0) is 4.79 Å². The number of rotatable bonds is 5. The number of aromatic nitrogens is 2. The van der Waals surface area contributed by atoms with Crippen LogP contribution in [0.25, 0.3) is 21.3 Å². The Kier molecular flexibility index (Phi) is 5.69. The van der Waals surface area contributed by atoms with Crippen molar-refractivity contribution in [3.05, 3.63) is 81.5 Å². The van der Waals surface area contributed by atoms with E-state index >= 15 is 0 Å². The highest BCUT2D eigenvalue weighted by atomic mass is 32.1. The van der Waals surface area contributed by atoms with Crippen LogP contribution >= 0.6 is 11.3 Å². The van der Waals surface area contributed by atoms with Gasteiger partial charge in [-0.15, -0.1) is 11.3 Å². The summed E-state index contributed by atoms with van der Waals surface area (Å²) >= 11 is 1.41. The van der Waals surface area contributed by atoms with E-state index in [-0.39, 0.29) is 17.3 Å². The second-order valence-electron chi connectivity index (χ2n) is 7.46. The summed E-state index contributed by atoms with van der Waals surface area (Å²) in [7, 11) is 0. The molecule has 0 aliphatic carbocycles. The fourth-order valence-electron chi connectivity index (χ4n) is 3.76. The van der Waals surface area contributed by atoms with Crippen LogP contribution in [-0.4, -0.2) is 15.5 Å². The van der Waals surface area contributed by atoms with Crippen molar-refractivity contribution in [2.75, 3.05) is 5.32 Å². The molecule has 0 radical (unpaired) electrons. The number of amides is 1. The predicted octanol–water partition coefficient (Wildman–Crippen LogP) is 5.47. The molecular weight excluding hydrogens is 413 g/mol. The monoisotopic (exact) mass is 435 g/mol.